The van der Waals surface area contributed by atoms with Crippen molar-refractivity contribution in [1.29, 1.82) is 0 Å². The molecule has 0 atom stereocenters. The van der Waals surface area contributed by atoms with Crippen molar-refractivity contribution in [2.45, 2.75) is 6.42 Å². The van der Waals surface area contributed by atoms with Gasteiger partial charge in [-0.15, -0.1) is 0 Å². The van der Waals surface area contributed by atoms with Gasteiger partial charge in [0, 0.05) is 31.3 Å². The second-order valence-electron chi connectivity index (χ2n) is 9.83. The minimum atomic E-state index is -0.185. The van der Waals surface area contributed by atoms with Crippen LogP contribution in [0.25, 0.3) is 11.1 Å². The molecular formula is C32H31N3O5. The SMILES string of the molecule is COc1cc(O)cc(-c2ccc3c(c2)Nc2ccc(CCOc4ccc(N5CCOCC5)cc4)cc2NC3=O)c1. The van der Waals surface area contributed by atoms with Crippen LogP contribution in [0.5, 0.6) is 17.2 Å². The Bertz CT molecular complexity index is 1530. The van der Waals surface area contributed by atoms with Gasteiger partial charge in [-0.3, -0.25) is 4.79 Å². The molecule has 0 aliphatic carbocycles. The zero-order valence-corrected chi connectivity index (χ0v) is 22.3. The predicted octanol–water partition coefficient (Wildman–Crippen LogP) is 5.84. The number of anilines is 4. The van der Waals surface area contributed by atoms with Crippen LogP contribution in [0.15, 0.2) is 78.9 Å². The summed E-state index contributed by atoms with van der Waals surface area (Å²) < 4.78 is 16.7. The maximum Gasteiger partial charge on any atom is 0.257 e. The maximum atomic E-state index is 13.1. The highest BCUT2D eigenvalue weighted by atomic mass is 16.5. The number of hydrogen-bond donors (Lipinski definition) is 3. The summed E-state index contributed by atoms with van der Waals surface area (Å²) in [5.41, 5.74) is 6.63. The zero-order valence-electron chi connectivity index (χ0n) is 22.3. The van der Waals surface area contributed by atoms with Gasteiger partial charge in [0.05, 0.1) is 49.6 Å². The second-order valence-corrected chi connectivity index (χ2v) is 9.83. The van der Waals surface area contributed by atoms with Gasteiger partial charge in [0.1, 0.15) is 17.2 Å². The molecule has 6 rings (SSSR count). The number of benzene rings is 4. The summed E-state index contributed by atoms with van der Waals surface area (Å²) in [5, 5.41) is 16.5. The first-order valence-corrected chi connectivity index (χ1v) is 13.3. The van der Waals surface area contributed by atoms with Crippen LogP contribution >= 0.6 is 0 Å². The fourth-order valence-electron chi connectivity index (χ4n) is 5.05. The monoisotopic (exact) mass is 537 g/mol. The largest absolute Gasteiger partial charge is 0.508 e. The number of morpholine rings is 1. The fourth-order valence-corrected chi connectivity index (χ4v) is 5.05. The predicted molar refractivity (Wildman–Crippen MR) is 156 cm³/mol. The van der Waals surface area contributed by atoms with Crippen LogP contribution in [-0.4, -0.2) is 51.0 Å². The van der Waals surface area contributed by atoms with Crippen molar-refractivity contribution >= 4 is 28.7 Å². The maximum absolute atomic E-state index is 13.1. The summed E-state index contributed by atoms with van der Waals surface area (Å²) in [5.74, 6) is 1.32. The van der Waals surface area contributed by atoms with Gasteiger partial charge in [0.15, 0.2) is 0 Å². The normalized spacial score (nSPS) is 14.3. The quantitative estimate of drug-likeness (QED) is 0.273. The molecule has 40 heavy (non-hydrogen) atoms. The Morgan fingerprint density at radius 3 is 2.45 bits per heavy atom. The molecule has 4 aromatic carbocycles. The number of nitrogens with one attached hydrogen (secondary N) is 2. The molecule has 1 amide bonds. The number of hydrogen-bond acceptors (Lipinski definition) is 7. The van der Waals surface area contributed by atoms with Crippen LogP contribution < -0.4 is 25.0 Å². The Morgan fingerprint density at radius 1 is 0.825 bits per heavy atom. The van der Waals surface area contributed by atoms with E-state index in [-0.39, 0.29) is 11.7 Å². The highest BCUT2D eigenvalue weighted by molar-refractivity contribution is 6.12. The molecule has 8 heteroatoms. The van der Waals surface area contributed by atoms with Crippen molar-refractivity contribution in [3.05, 3.63) is 90.0 Å². The Balaban J connectivity index is 1.13. The van der Waals surface area contributed by atoms with E-state index in [1.54, 1.807) is 25.3 Å². The first-order chi connectivity index (χ1) is 19.6. The lowest BCUT2D eigenvalue weighted by Crippen LogP contribution is -2.36. The number of methoxy groups -OCH3 is 1. The first-order valence-electron chi connectivity index (χ1n) is 13.3. The van der Waals surface area contributed by atoms with Crippen molar-refractivity contribution in [3.8, 4) is 28.4 Å². The van der Waals surface area contributed by atoms with E-state index >= 15 is 0 Å². The van der Waals surface area contributed by atoms with E-state index in [1.807, 2.05) is 48.5 Å². The lowest BCUT2D eigenvalue weighted by Gasteiger charge is -2.28. The van der Waals surface area contributed by atoms with Gasteiger partial charge in [-0.1, -0.05) is 12.1 Å². The molecule has 0 unspecified atom stereocenters. The number of aromatic hydroxyl groups is 1. The molecule has 0 saturated carbocycles. The van der Waals surface area contributed by atoms with Gasteiger partial charge in [0.2, 0.25) is 0 Å². The third-order valence-corrected chi connectivity index (χ3v) is 7.20. The number of carbonyl (C=O) groups is 1. The number of amides is 1. The topological polar surface area (TPSA) is 92.3 Å². The van der Waals surface area contributed by atoms with Gasteiger partial charge in [-0.2, -0.15) is 0 Å². The zero-order chi connectivity index (χ0) is 27.5. The smallest absolute Gasteiger partial charge is 0.257 e. The molecule has 3 N–H and O–H groups in total. The first kappa shape index (κ1) is 25.6. The third kappa shape index (κ3) is 5.53. The van der Waals surface area contributed by atoms with Crippen LogP contribution in [0.1, 0.15) is 15.9 Å². The number of phenols is 1. The summed E-state index contributed by atoms with van der Waals surface area (Å²) in [6.45, 7) is 3.85. The average Bonchev–Trinajstić information content (AvgIpc) is 3.12. The van der Waals surface area contributed by atoms with Gasteiger partial charge < -0.3 is 34.9 Å². The van der Waals surface area contributed by atoms with E-state index in [4.69, 9.17) is 14.2 Å². The summed E-state index contributed by atoms with van der Waals surface area (Å²) >= 11 is 0. The standard InChI is InChI=1S/C32H31N3O5/c1-38-27-18-23(17-25(36)20-27)22-3-8-28-30(19-22)33-29-9-2-21(16-31(29)34-32(28)37)10-13-40-26-6-4-24(5-7-26)35-11-14-39-15-12-35/h2-9,16-20,33,36H,10-15H2,1H3,(H,34,37). The number of fused-ring (bicyclic) bond motifs is 2. The van der Waals surface area contributed by atoms with E-state index < -0.39 is 0 Å². The molecule has 2 heterocycles. The summed E-state index contributed by atoms with van der Waals surface area (Å²) in [6, 6.07) is 24.8. The molecule has 4 aromatic rings. The summed E-state index contributed by atoms with van der Waals surface area (Å²) in [7, 11) is 1.56. The Morgan fingerprint density at radius 2 is 1.65 bits per heavy atom. The molecule has 1 saturated heterocycles. The van der Waals surface area contributed by atoms with E-state index in [0.29, 0.717) is 35.7 Å². The van der Waals surface area contributed by atoms with Gasteiger partial charge in [-0.05, 0) is 77.4 Å². The van der Waals surface area contributed by atoms with Crippen molar-refractivity contribution in [2.24, 2.45) is 0 Å². The van der Waals surface area contributed by atoms with E-state index in [2.05, 4.69) is 27.7 Å². The van der Waals surface area contributed by atoms with Crippen LogP contribution in [0.3, 0.4) is 0 Å². The molecular weight excluding hydrogens is 506 g/mol. The lowest BCUT2D eigenvalue weighted by molar-refractivity contribution is 0.102. The van der Waals surface area contributed by atoms with Gasteiger partial charge in [-0.25, -0.2) is 0 Å². The average molecular weight is 538 g/mol. The highest BCUT2D eigenvalue weighted by Gasteiger charge is 2.20. The Hall–Kier alpha value is -4.69. The number of ether oxygens (including phenoxy) is 3. The fraction of sp³-hybridized carbons (Fsp3) is 0.219. The Labute approximate surface area is 233 Å². The van der Waals surface area contributed by atoms with Crippen LogP contribution in [-0.2, 0) is 11.2 Å². The number of nitrogens with zero attached hydrogens (tertiary/aromatic N) is 1. The van der Waals surface area contributed by atoms with Crippen molar-refractivity contribution < 1.29 is 24.1 Å². The summed E-state index contributed by atoms with van der Waals surface area (Å²) in [6.07, 6.45) is 0.699. The van der Waals surface area contributed by atoms with Gasteiger partial charge in [0.25, 0.3) is 5.91 Å². The van der Waals surface area contributed by atoms with Crippen molar-refractivity contribution in [2.75, 3.05) is 55.6 Å². The van der Waals surface area contributed by atoms with E-state index in [9.17, 15) is 9.90 Å². The van der Waals surface area contributed by atoms with Crippen molar-refractivity contribution in [1.82, 2.24) is 0 Å². The number of carbonyl (C=O) groups excluding carboxylic acids is 1. The minimum Gasteiger partial charge on any atom is -0.508 e. The molecule has 0 aromatic heterocycles. The molecule has 2 aliphatic heterocycles. The second kappa shape index (κ2) is 11.2. The third-order valence-electron chi connectivity index (χ3n) is 7.20. The van der Waals surface area contributed by atoms with Crippen LogP contribution in [0.2, 0.25) is 0 Å². The molecule has 0 spiro atoms. The highest BCUT2D eigenvalue weighted by Crippen LogP contribution is 2.37. The number of phenolic OH excluding ortho intramolecular Hbond substituents is 1. The Kier molecular flexibility index (Phi) is 7.16. The molecule has 0 bridgehead atoms. The van der Waals surface area contributed by atoms with Crippen molar-refractivity contribution in [3.63, 3.8) is 0 Å². The van der Waals surface area contributed by atoms with E-state index in [0.717, 1.165) is 54.4 Å². The molecule has 0 radical (unpaired) electrons. The minimum absolute atomic E-state index is 0.113. The molecule has 1 fully saturated rings. The van der Waals surface area contributed by atoms with Crippen LogP contribution in [0.4, 0.5) is 22.7 Å². The molecule has 2 aliphatic rings. The van der Waals surface area contributed by atoms with Crippen LogP contribution in [0, 0.1) is 0 Å². The lowest BCUT2D eigenvalue weighted by atomic mass is 10.0. The number of rotatable bonds is 7. The summed E-state index contributed by atoms with van der Waals surface area (Å²) in [4.78, 5) is 15.4. The van der Waals surface area contributed by atoms with E-state index in [1.165, 1.54) is 5.69 Å². The molecule has 204 valence electrons. The van der Waals surface area contributed by atoms with Gasteiger partial charge >= 0.3 is 0 Å². The molecule has 8 nitrogen and oxygen atoms in total.